The molecule has 0 radical (unpaired) electrons. The van der Waals surface area contributed by atoms with Crippen molar-refractivity contribution < 1.29 is 38.1 Å². The highest BCUT2D eigenvalue weighted by molar-refractivity contribution is 5.70. The molecular weight excluding hydrogens is 640 g/mol. The van der Waals surface area contributed by atoms with Crippen LogP contribution in [0.1, 0.15) is 23.6 Å². The minimum absolute atomic E-state index is 0.0946. The highest BCUT2D eigenvalue weighted by atomic mass is 16.6. The van der Waals surface area contributed by atoms with Gasteiger partial charge in [0.05, 0.1) is 12.2 Å². The average molecular weight is 691 g/mol. The molecule has 2 atom stereocenters. The maximum Gasteiger partial charge on any atom is 0.410 e. The summed E-state index contributed by atoms with van der Waals surface area (Å²) in [5.74, 6) is 0. The Balaban J connectivity index is 1.53. The summed E-state index contributed by atoms with van der Waals surface area (Å²) in [6, 6.07) is 28.4. The summed E-state index contributed by atoms with van der Waals surface area (Å²) >= 11 is 0. The van der Waals surface area contributed by atoms with Crippen molar-refractivity contribution in [3.05, 3.63) is 108 Å². The molecule has 3 amide bonds. The minimum atomic E-state index is -0.542. The van der Waals surface area contributed by atoms with Gasteiger partial charge in [-0.15, -0.1) is 0 Å². The Morgan fingerprint density at radius 2 is 0.840 bits per heavy atom. The van der Waals surface area contributed by atoms with Crippen molar-refractivity contribution in [1.82, 2.24) is 19.6 Å². The quantitative estimate of drug-likeness (QED) is 0.249. The SMILES string of the molecule is COC(C)C(CN1CCN(C(=O)OCc2ccccc2)CCN(C(=O)OCc2ccccc2)CCN(C(=O)OCc2ccccc2)CC1)OC. The van der Waals surface area contributed by atoms with Gasteiger partial charge in [0.2, 0.25) is 0 Å². The van der Waals surface area contributed by atoms with Crippen LogP contribution in [0.2, 0.25) is 0 Å². The zero-order valence-electron chi connectivity index (χ0n) is 29.4. The molecule has 1 heterocycles. The van der Waals surface area contributed by atoms with E-state index in [0.29, 0.717) is 32.7 Å². The standard InChI is InChI=1S/C38H50N4O8/c1-31(46-2)35(47-3)27-39-19-21-40(36(43)48-28-32-13-7-4-8-14-32)23-25-42(38(45)50-30-34-17-11-6-12-18-34)26-24-41(22-20-39)37(44)49-29-33-15-9-5-10-16-33/h4-18,31,35H,19-30H2,1-3H3. The van der Waals surface area contributed by atoms with E-state index in [-0.39, 0.29) is 58.2 Å². The van der Waals surface area contributed by atoms with Crippen LogP contribution in [-0.4, -0.2) is 123 Å². The molecule has 12 nitrogen and oxygen atoms in total. The van der Waals surface area contributed by atoms with Crippen LogP contribution in [0.4, 0.5) is 14.4 Å². The molecule has 2 unspecified atom stereocenters. The lowest BCUT2D eigenvalue weighted by Gasteiger charge is -2.35. The number of hydrogen-bond donors (Lipinski definition) is 0. The van der Waals surface area contributed by atoms with Crippen LogP contribution in [0, 0.1) is 0 Å². The molecule has 0 aromatic heterocycles. The third-order valence-corrected chi connectivity index (χ3v) is 8.68. The summed E-state index contributed by atoms with van der Waals surface area (Å²) in [6.45, 7) is 5.07. The smallest absolute Gasteiger partial charge is 0.410 e. The highest BCUT2D eigenvalue weighted by Gasteiger charge is 2.27. The number of nitrogens with zero attached hydrogens (tertiary/aromatic N) is 4. The molecule has 1 aliphatic heterocycles. The monoisotopic (exact) mass is 690 g/mol. The summed E-state index contributed by atoms with van der Waals surface area (Å²) in [5.41, 5.74) is 2.60. The van der Waals surface area contributed by atoms with E-state index < -0.39 is 18.3 Å². The van der Waals surface area contributed by atoms with Crippen LogP contribution < -0.4 is 0 Å². The van der Waals surface area contributed by atoms with E-state index in [0.717, 1.165) is 16.7 Å². The van der Waals surface area contributed by atoms with Crippen LogP contribution in [0.15, 0.2) is 91.0 Å². The fourth-order valence-corrected chi connectivity index (χ4v) is 5.44. The zero-order chi connectivity index (χ0) is 35.6. The largest absolute Gasteiger partial charge is 0.445 e. The highest BCUT2D eigenvalue weighted by Crippen LogP contribution is 2.12. The first-order valence-corrected chi connectivity index (χ1v) is 17.0. The van der Waals surface area contributed by atoms with E-state index >= 15 is 0 Å². The topological polar surface area (TPSA) is 110 Å². The van der Waals surface area contributed by atoms with Gasteiger partial charge in [-0.2, -0.15) is 0 Å². The second-order valence-corrected chi connectivity index (χ2v) is 12.1. The first kappa shape index (κ1) is 38.2. The number of carbonyl (C=O) groups is 3. The van der Waals surface area contributed by atoms with Crippen molar-refractivity contribution >= 4 is 18.3 Å². The van der Waals surface area contributed by atoms with Crippen molar-refractivity contribution in [2.45, 2.75) is 39.0 Å². The molecule has 3 aromatic rings. The Bertz CT molecular complexity index is 1360. The van der Waals surface area contributed by atoms with Crippen molar-refractivity contribution in [3.8, 4) is 0 Å². The van der Waals surface area contributed by atoms with Crippen LogP contribution in [0.5, 0.6) is 0 Å². The fourth-order valence-electron chi connectivity index (χ4n) is 5.44. The van der Waals surface area contributed by atoms with Gasteiger partial charge in [0, 0.05) is 73.1 Å². The molecular formula is C38H50N4O8. The fraction of sp³-hybridized carbons (Fsp3) is 0.447. The second-order valence-electron chi connectivity index (χ2n) is 12.1. The first-order valence-electron chi connectivity index (χ1n) is 17.0. The normalized spacial score (nSPS) is 16.0. The predicted molar refractivity (Wildman–Crippen MR) is 188 cm³/mol. The number of ether oxygens (including phenoxy) is 5. The third kappa shape index (κ3) is 12.7. The Morgan fingerprint density at radius 3 is 1.14 bits per heavy atom. The second kappa shape index (κ2) is 20.8. The van der Waals surface area contributed by atoms with Crippen LogP contribution in [0.3, 0.4) is 0 Å². The van der Waals surface area contributed by atoms with E-state index in [4.69, 9.17) is 23.7 Å². The summed E-state index contributed by atoms with van der Waals surface area (Å²) in [4.78, 5) is 47.3. The van der Waals surface area contributed by atoms with E-state index in [1.54, 1.807) is 24.0 Å². The molecule has 0 spiro atoms. The van der Waals surface area contributed by atoms with Crippen molar-refractivity contribution in [2.24, 2.45) is 0 Å². The minimum Gasteiger partial charge on any atom is -0.445 e. The van der Waals surface area contributed by atoms with E-state index in [2.05, 4.69) is 4.90 Å². The molecule has 0 N–H and O–H groups in total. The molecule has 0 bridgehead atoms. The van der Waals surface area contributed by atoms with Gasteiger partial charge in [0.15, 0.2) is 0 Å². The number of amides is 3. The molecule has 3 aromatic carbocycles. The summed E-state index contributed by atoms with van der Waals surface area (Å²) in [7, 11) is 3.28. The molecule has 0 saturated carbocycles. The maximum absolute atomic E-state index is 13.5. The molecule has 50 heavy (non-hydrogen) atoms. The lowest BCUT2D eigenvalue weighted by Crippen LogP contribution is -2.51. The Morgan fingerprint density at radius 1 is 0.520 bits per heavy atom. The Kier molecular flexibility index (Phi) is 15.8. The lowest BCUT2D eigenvalue weighted by atomic mass is 10.2. The van der Waals surface area contributed by atoms with Gasteiger partial charge >= 0.3 is 18.3 Å². The van der Waals surface area contributed by atoms with Gasteiger partial charge in [-0.3, -0.25) is 4.90 Å². The molecule has 4 rings (SSSR count). The third-order valence-electron chi connectivity index (χ3n) is 8.68. The number of carbonyl (C=O) groups excluding carboxylic acids is 3. The first-order chi connectivity index (χ1) is 24.4. The van der Waals surface area contributed by atoms with Crippen LogP contribution >= 0.6 is 0 Å². The van der Waals surface area contributed by atoms with Gasteiger partial charge in [-0.25, -0.2) is 14.4 Å². The number of benzene rings is 3. The predicted octanol–water partition coefficient (Wildman–Crippen LogP) is 5.27. The van der Waals surface area contributed by atoms with Gasteiger partial charge < -0.3 is 38.4 Å². The van der Waals surface area contributed by atoms with Gasteiger partial charge in [-0.1, -0.05) is 91.0 Å². The molecule has 1 aliphatic rings. The number of rotatable bonds is 11. The van der Waals surface area contributed by atoms with Crippen molar-refractivity contribution in [2.75, 3.05) is 73.1 Å². The van der Waals surface area contributed by atoms with Crippen LogP contribution in [-0.2, 0) is 43.5 Å². The van der Waals surface area contributed by atoms with E-state index in [1.807, 2.05) is 97.9 Å². The van der Waals surface area contributed by atoms with Crippen LogP contribution in [0.25, 0.3) is 0 Å². The summed E-state index contributed by atoms with van der Waals surface area (Å²) in [6.07, 6.45) is -1.94. The molecule has 12 heteroatoms. The molecule has 0 aliphatic carbocycles. The van der Waals surface area contributed by atoms with Crippen molar-refractivity contribution in [3.63, 3.8) is 0 Å². The van der Waals surface area contributed by atoms with Crippen molar-refractivity contribution in [1.29, 1.82) is 0 Å². The Hall–Kier alpha value is -4.65. The van der Waals surface area contributed by atoms with Gasteiger partial charge in [0.1, 0.15) is 19.8 Å². The van der Waals surface area contributed by atoms with Gasteiger partial charge in [0.25, 0.3) is 0 Å². The Labute approximate surface area is 295 Å². The number of hydrogen-bond acceptors (Lipinski definition) is 9. The average Bonchev–Trinajstić information content (AvgIpc) is 3.15. The molecule has 1 fully saturated rings. The maximum atomic E-state index is 13.5. The number of methoxy groups -OCH3 is 2. The lowest BCUT2D eigenvalue weighted by molar-refractivity contribution is -0.0433. The van der Waals surface area contributed by atoms with Gasteiger partial charge in [-0.05, 0) is 23.6 Å². The van der Waals surface area contributed by atoms with E-state index in [9.17, 15) is 14.4 Å². The molecule has 270 valence electrons. The summed E-state index contributed by atoms with van der Waals surface area (Å²) < 4.78 is 28.4. The zero-order valence-corrected chi connectivity index (χ0v) is 29.4. The molecule has 1 saturated heterocycles. The summed E-state index contributed by atoms with van der Waals surface area (Å²) in [5, 5.41) is 0. The van der Waals surface area contributed by atoms with E-state index in [1.165, 1.54) is 4.90 Å².